The maximum Gasteiger partial charge on any atom is 0.254 e. The second-order valence-electron chi connectivity index (χ2n) is 6.31. The number of carbonyl (C=O) groups excluding carboxylic acids is 1. The van der Waals surface area contributed by atoms with Crippen molar-refractivity contribution >= 4 is 17.2 Å². The van der Waals surface area contributed by atoms with Crippen molar-refractivity contribution in [3.05, 3.63) is 71.5 Å². The summed E-state index contributed by atoms with van der Waals surface area (Å²) in [7, 11) is 0. The molecule has 0 atom stereocenters. The van der Waals surface area contributed by atoms with Gasteiger partial charge in [0.15, 0.2) is 0 Å². The van der Waals surface area contributed by atoms with Gasteiger partial charge in [0.05, 0.1) is 5.69 Å². The van der Waals surface area contributed by atoms with Gasteiger partial charge in [-0.1, -0.05) is 30.3 Å². The Balaban J connectivity index is 1.33. The summed E-state index contributed by atoms with van der Waals surface area (Å²) >= 11 is 1.69. The average molecular weight is 364 g/mol. The minimum absolute atomic E-state index is 0.0899. The SMILES string of the molecule is O=C(c1ccncc1)N1CCN(Cc2csc(-c3ccccc3)n2)CC1. The topological polar surface area (TPSA) is 49.3 Å². The van der Waals surface area contributed by atoms with Crippen LogP contribution in [-0.2, 0) is 6.54 Å². The van der Waals surface area contributed by atoms with Gasteiger partial charge in [-0.15, -0.1) is 11.3 Å². The smallest absolute Gasteiger partial charge is 0.254 e. The number of piperazine rings is 1. The van der Waals surface area contributed by atoms with E-state index in [1.165, 1.54) is 0 Å². The van der Waals surface area contributed by atoms with Crippen molar-refractivity contribution in [2.45, 2.75) is 6.54 Å². The molecule has 1 saturated heterocycles. The Kier molecular flexibility index (Phi) is 5.04. The van der Waals surface area contributed by atoms with E-state index in [0.717, 1.165) is 49.0 Å². The summed E-state index contributed by atoms with van der Waals surface area (Å²) in [4.78, 5) is 25.5. The molecule has 5 nitrogen and oxygen atoms in total. The fourth-order valence-electron chi connectivity index (χ4n) is 3.11. The van der Waals surface area contributed by atoms with E-state index in [1.54, 1.807) is 35.9 Å². The van der Waals surface area contributed by atoms with Gasteiger partial charge in [-0.3, -0.25) is 14.7 Å². The summed E-state index contributed by atoms with van der Waals surface area (Å²) in [6.45, 7) is 4.07. The third-order valence-corrected chi connectivity index (χ3v) is 5.49. The monoisotopic (exact) mass is 364 g/mol. The summed E-state index contributed by atoms with van der Waals surface area (Å²) < 4.78 is 0. The van der Waals surface area contributed by atoms with Crippen molar-refractivity contribution < 1.29 is 4.79 Å². The van der Waals surface area contributed by atoms with Gasteiger partial charge in [-0.2, -0.15) is 0 Å². The third-order valence-electron chi connectivity index (χ3n) is 4.54. The Morgan fingerprint density at radius 3 is 2.46 bits per heavy atom. The molecule has 1 aromatic carbocycles. The molecule has 132 valence electrons. The van der Waals surface area contributed by atoms with Crippen molar-refractivity contribution in [1.29, 1.82) is 0 Å². The van der Waals surface area contributed by atoms with Gasteiger partial charge in [-0.25, -0.2) is 4.98 Å². The molecule has 0 aliphatic carbocycles. The zero-order chi connectivity index (χ0) is 17.8. The van der Waals surface area contributed by atoms with E-state index in [9.17, 15) is 4.79 Å². The van der Waals surface area contributed by atoms with E-state index in [2.05, 4.69) is 27.4 Å². The molecule has 0 spiro atoms. The Labute approximate surface area is 156 Å². The molecule has 0 N–H and O–H groups in total. The van der Waals surface area contributed by atoms with E-state index in [-0.39, 0.29) is 5.91 Å². The number of benzene rings is 1. The van der Waals surface area contributed by atoms with Gasteiger partial charge in [0.25, 0.3) is 5.91 Å². The molecule has 3 aromatic rings. The van der Waals surface area contributed by atoms with E-state index < -0.39 is 0 Å². The normalized spacial score (nSPS) is 15.2. The number of amides is 1. The lowest BCUT2D eigenvalue weighted by atomic mass is 10.2. The minimum atomic E-state index is 0.0899. The van der Waals surface area contributed by atoms with Crippen LogP contribution in [-0.4, -0.2) is 51.9 Å². The largest absolute Gasteiger partial charge is 0.336 e. The predicted octanol–water partition coefficient (Wildman–Crippen LogP) is 3.16. The number of carbonyl (C=O) groups is 1. The molecule has 1 amide bonds. The van der Waals surface area contributed by atoms with Crippen LogP contribution in [0.4, 0.5) is 0 Å². The van der Waals surface area contributed by atoms with Crippen molar-refractivity contribution in [2.75, 3.05) is 26.2 Å². The van der Waals surface area contributed by atoms with Gasteiger partial charge < -0.3 is 4.90 Å². The van der Waals surface area contributed by atoms with Crippen LogP contribution < -0.4 is 0 Å². The van der Waals surface area contributed by atoms with Crippen LogP contribution in [0.3, 0.4) is 0 Å². The van der Waals surface area contributed by atoms with Crippen LogP contribution in [0.1, 0.15) is 16.1 Å². The molecule has 0 saturated carbocycles. The molecular formula is C20H20N4OS. The van der Waals surface area contributed by atoms with Crippen molar-refractivity contribution in [2.24, 2.45) is 0 Å². The maximum absolute atomic E-state index is 12.5. The lowest BCUT2D eigenvalue weighted by Gasteiger charge is -2.34. The second-order valence-corrected chi connectivity index (χ2v) is 7.17. The highest BCUT2D eigenvalue weighted by molar-refractivity contribution is 7.13. The Morgan fingerprint density at radius 2 is 1.73 bits per heavy atom. The zero-order valence-corrected chi connectivity index (χ0v) is 15.2. The summed E-state index contributed by atoms with van der Waals surface area (Å²) in [5.41, 5.74) is 2.97. The van der Waals surface area contributed by atoms with Gasteiger partial charge >= 0.3 is 0 Å². The first-order valence-corrected chi connectivity index (χ1v) is 9.59. The Hall–Kier alpha value is -2.57. The molecule has 0 bridgehead atoms. The number of thiazole rings is 1. The van der Waals surface area contributed by atoms with Crippen LogP contribution >= 0.6 is 11.3 Å². The van der Waals surface area contributed by atoms with Crippen LogP contribution in [0.2, 0.25) is 0 Å². The van der Waals surface area contributed by atoms with Crippen molar-refractivity contribution in [3.8, 4) is 10.6 Å². The summed E-state index contributed by atoms with van der Waals surface area (Å²) in [6, 6.07) is 13.8. The minimum Gasteiger partial charge on any atom is -0.336 e. The Morgan fingerprint density at radius 1 is 1.00 bits per heavy atom. The van der Waals surface area contributed by atoms with E-state index in [0.29, 0.717) is 5.56 Å². The van der Waals surface area contributed by atoms with Gasteiger partial charge in [0, 0.05) is 61.6 Å². The van der Waals surface area contributed by atoms with Crippen molar-refractivity contribution in [1.82, 2.24) is 19.8 Å². The second kappa shape index (κ2) is 7.76. The number of rotatable bonds is 4. The Bertz CT molecular complexity index is 858. The lowest BCUT2D eigenvalue weighted by Crippen LogP contribution is -2.48. The summed E-state index contributed by atoms with van der Waals surface area (Å²) in [5.74, 6) is 0.0899. The molecule has 6 heteroatoms. The van der Waals surface area contributed by atoms with Crippen LogP contribution in [0.15, 0.2) is 60.2 Å². The summed E-state index contributed by atoms with van der Waals surface area (Å²) in [5, 5.41) is 3.20. The van der Waals surface area contributed by atoms with E-state index >= 15 is 0 Å². The standard InChI is InChI=1S/C20H20N4OS/c25-20(17-6-8-21-9-7-17)24-12-10-23(11-13-24)14-18-15-26-19(22-18)16-4-2-1-3-5-16/h1-9,15H,10-14H2. The average Bonchev–Trinajstić information content (AvgIpc) is 3.18. The maximum atomic E-state index is 12.5. The fraction of sp³-hybridized carbons (Fsp3) is 0.250. The molecule has 1 aliphatic heterocycles. The quantitative estimate of drug-likeness (QED) is 0.714. The van der Waals surface area contributed by atoms with E-state index in [1.807, 2.05) is 23.1 Å². The van der Waals surface area contributed by atoms with Crippen LogP contribution in [0.5, 0.6) is 0 Å². The molecule has 2 aromatic heterocycles. The number of aromatic nitrogens is 2. The molecule has 1 fully saturated rings. The number of hydrogen-bond donors (Lipinski definition) is 0. The molecule has 0 unspecified atom stereocenters. The van der Waals surface area contributed by atoms with Gasteiger partial charge in [0.2, 0.25) is 0 Å². The van der Waals surface area contributed by atoms with Crippen LogP contribution in [0.25, 0.3) is 10.6 Å². The molecule has 1 aliphatic rings. The number of hydrogen-bond acceptors (Lipinski definition) is 5. The highest BCUT2D eigenvalue weighted by Crippen LogP contribution is 2.24. The zero-order valence-electron chi connectivity index (χ0n) is 14.4. The first kappa shape index (κ1) is 16.9. The first-order valence-electron chi connectivity index (χ1n) is 8.71. The first-order chi connectivity index (χ1) is 12.8. The molecule has 0 radical (unpaired) electrons. The van der Waals surface area contributed by atoms with Gasteiger partial charge in [-0.05, 0) is 12.1 Å². The lowest BCUT2D eigenvalue weighted by molar-refractivity contribution is 0.0627. The summed E-state index contributed by atoms with van der Waals surface area (Å²) in [6.07, 6.45) is 3.33. The molecule has 4 rings (SSSR count). The molecule has 26 heavy (non-hydrogen) atoms. The van der Waals surface area contributed by atoms with Crippen molar-refractivity contribution in [3.63, 3.8) is 0 Å². The number of pyridine rings is 1. The highest BCUT2D eigenvalue weighted by atomic mass is 32.1. The highest BCUT2D eigenvalue weighted by Gasteiger charge is 2.22. The van der Waals surface area contributed by atoms with Crippen LogP contribution in [0, 0.1) is 0 Å². The number of nitrogens with zero attached hydrogens (tertiary/aromatic N) is 4. The van der Waals surface area contributed by atoms with Gasteiger partial charge in [0.1, 0.15) is 5.01 Å². The predicted molar refractivity (Wildman–Crippen MR) is 103 cm³/mol. The molecule has 3 heterocycles. The fourth-order valence-corrected chi connectivity index (χ4v) is 3.93. The van der Waals surface area contributed by atoms with E-state index in [4.69, 9.17) is 4.98 Å². The molecular weight excluding hydrogens is 344 g/mol. The third kappa shape index (κ3) is 3.81.